The Morgan fingerprint density at radius 2 is 2.22 bits per heavy atom. The molecule has 0 radical (unpaired) electrons. The molecule has 0 amide bonds. The van der Waals surface area contributed by atoms with Crippen LogP contribution in [-0.4, -0.2) is 43.2 Å². The Balaban J connectivity index is 1.34. The molecule has 1 N–H and O–H groups in total. The van der Waals surface area contributed by atoms with Crippen LogP contribution in [0.4, 0.5) is 0 Å². The minimum Gasteiger partial charge on any atom is -0.381 e. The Hall–Kier alpha value is -0.530. The van der Waals surface area contributed by atoms with Gasteiger partial charge in [-0.3, -0.25) is 0 Å². The summed E-state index contributed by atoms with van der Waals surface area (Å²) in [6.07, 6.45) is 6.45. The highest BCUT2D eigenvalue weighted by atomic mass is 32.1. The quantitative estimate of drug-likeness (QED) is 0.914. The normalized spacial score (nSPS) is 29.8. The molecule has 1 aromatic heterocycles. The molecule has 2 aliphatic heterocycles. The van der Waals surface area contributed by atoms with E-state index in [1.165, 1.54) is 28.4 Å². The zero-order valence-electron chi connectivity index (χ0n) is 13.8. The topological polar surface area (TPSA) is 52.6 Å². The summed E-state index contributed by atoms with van der Waals surface area (Å²) in [6.45, 7) is 5.21. The van der Waals surface area contributed by atoms with E-state index in [2.05, 4.69) is 12.2 Å². The minimum atomic E-state index is -0.373. The number of aromatic nitrogens is 1. The lowest BCUT2D eigenvalue weighted by atomic mass is 9.98. The average molecular weight is 338 g/mol. The second-order valence-electron chi connectivity index (χ2n) is 6.70. The lowest BCUT2D eigenvalue weighted by Gasteiger charge is -2.32. The van der Waals surface area contributed by atoms with Crippen molar-refractivity contribution in [2.75, 3.05) is 26.4 Å². The molecule has 2 saturated heterocycles. The highest BCUT2D eigenvalue weighted by Gasteiger charge is 2.42. The molecular formula is C17H26N2O3S. The van der Waals surface area contributed by atoms with Gasteiger partial charge in [0, 0.05) is 30.3 Å². The van der Waals surface area contributed by atoms with Gasteiger partial charge in [-0.1, -0.05) is 6.92 Å². The molecule has 4 rings (SSSR count). The van der Waals surface area contributed by atoms with Crippen LogP contribution in [0.25, 0.3) is 0 Å². The molecule has 128 valence electrons. The molecule has 3 heterocycles. The lowest BCUT2D eigenvalue weighted by Crippen LogP contribution is -2.39. The third kappa shape index (κ3) is 3.33. The van der Waals surface area contributed by atoms with E-state index >= 15 is 0 Å². The summed E-state index contributed by atoms with van der Waals surface area (Å²) in [7, 11) is 0. The molecule has 0 saturated carbocycles. The van der Waals surface area contributed by atoms with Gasteiger partial charge in [-0.2, -0.15) is 0 Å². The Kier molecular flexibility index (Phi) is 4.70. The first-order valence-electron chi connectivity index (χ1n) is 8.89. The molecule has 3 aliphatic rings. The summed E-state index contributed by atoms with van der Waals surface area (Å²) in [5, 5.41) is 4.98. The summed E-state index contributed by atoms with van der Waals surface area (Å²) < 4.78 is 17.6. The van der Waals surface area contributed by atoms with Gasteiger partial charge in [0.15, 0.2) is 5.79 Å². The third-order valence-corrected chi connectivity index (χ3v) is 6.41. The predicted molar refractivity (Wildman–Crippen MR) is 88.8 cm³/mol. The number of ether oxygens (including phenoxy) is 3. The van der Waals surface area contributed by atoms with Gasteiger partial charge in [-0.15, -0.1) is 11.3 Å². The van der Waals surface area contributed by atoms with Crippen molar-refractivity contribution >= 4 is 11.3 Å². The van der Waals surface area contributed by atoms with Gasteiger partial charge in [-0.05, 0) is 25.7 Å². The van der Waals surface area contributed by atoms with Crippen LogP contribution in [0.1, 0.15) is 54.2 Å². The van der Waals surface area contributed by atoms with Gasteiger partial charge in [-0.25, -0.2) is 4.98 Å². The van der Waals surface area contributed by atoms with E-state index in [0.29, 0.717) is 12.6 Å². The molecule has 1 aromatic rings. The van der Waals surface area contributed by atoms with Gasteiger partial charge >= 0.3 is 0 Å². The van der Waals surface area contributed by atoms with Crippen molar-refractivity contribution in [2.24, 2.45) is 0 Å². The summed E-state index contributed by atoms with van der Waals surface area (Å²) in [5.41, 5.74) is 1.32. The standard InChI is InChI=1S/C17H26N2O3S/c1-2-15-19-14-5-3-4-13(16(14)23-15)18-10-12-11-21-17(22-12)6-8-20-9-7-17/h12-13,18H,2-11H2,1H3/t12-,13+/m0/s1. The zero-order valence-corrected chi connectivity index (χ0v) is 14.6. The van der Waals surface area contributed by atoms with Crippen molar-refractivity contribution in [1.29, 1.82) is 0 Å². The SMILES string of the molecule is CCc1nc2c(s1)[C@H](NC[C@H]1COC3(CCOCC3)O1)CCC2. The van der Waals surface area contributed by atoms with Crippen molar-refractivity contribution in [3.63, 3.8) is 0 Å². The first kappa shape index (κ1) is 16.0. The first-order valence-corrected chi connectivity index (χ1v) is 9.71. The maximum atomic E-state index is 6.22. The number of rotatable bonds is 4. The van der Waals surface area contributed by atoms with Gasteiger partial charge in [0.1, 0.15) is 0 Å². The van der Waals surface area contributed by atoms with Gasteiger partial charge in [0.25, 0.3) is 0 Å². The number of thiazole rings is 1. The Labute approximate surface area is 141 Å². The zero-order chi connectivity index (χ0) is 15.7. The fraction of sp³-hybridized carbons (Fsp3) is 0.824. The van der Waals surface area contributed by atoms with Crippen LogP contribution < -0.4 is 5.32 Å². The van der Waals surface area contributed by atoms with E-state index in [1.807, 2.05) is 11.3 Å². The molecule has 0 aromatic carbocycles. The van der Waals surface area contributed by atoms with Gasteiger partial charge in [0.05, 0.1) is 36.6 Å². The van der Waals surface area contributed by atoms with Crippen molar-refractivity contribution in [1.82, 2.24) is 10.3 Å². The van der Waals surface area contributed by atoms with Gasteiger partial charge in [0.2, 0.25) is 0 Å². The molecular weight excluding hydrogens is 312 g/mol. The molecule has 1 aliphatic carbocycles. The smallest absolute Gasteiger partial charge is 0.173 e. The van der Waals surface area contributed by atoms with E-state index in [9.17, 15) is 0 Å². The summed E-state index contributed by atoms with van der Waals surface area (Å²) >= 11 is 1.89. The highest BCUT2D eigenvalue weighted by molar-refractivity contribution is 7.11. The molecule has 2 atom stereocenters. The van der Waals surface area contributed by atoms with Crippen LogP contribution >= 0.6 is 11.3 Å². The molecule has 2 fully saturated rings. The average Bonchev–Trinajstić information content (AvgIpc) is 3.18. The fourth-order valence-corrected chi connectivity index (χ4v) is 4.91. The molecule has 1 spiro atoms. The maximum Gasteiger partial charge on any atom is 0.173 e. The number of nitrogens with zero attached hydrogens (tertiary/aromatic N) is 1. The van der Waals surface area contributed by atoms with Crippen LogP contribution in [0.2, 0.25) is 0 Å². The Bertz CT molecular complexity index is 542. The van der Waals surface area contributed by atoms with Crippen LogP contribution in [0.3, 0.4) is 0 Å². The van der Waals surface area contributed by atoms with E-state index in [0.717, 1.165) is 45.4 Å². The van der Waals surface area contributed by atoms with E-state index in [4.69, 9.17) is 19.2 Å². The second kappa shape index (κ2) is 6.76. The van der Waals surface area contributed by atoms with Gasteiger partial charge < -0.3 is 19.5 Å². The summed E-state index contributed by atoms with van der Waals surface area (Å²) in [4.78, 5) is 6.23. The number of nitrogens with one attached hydrogen (secondary N) is 1. The number of hydrogen-bond donors (Lipinski definition) is 1. The minimum absolute atomic E-state index is 0.150. The molecule has 0 bridgehead atoms. The molecule has 0 unspecified atom stereocenters. The predicted octanol–water partition coefficient (Wildman–Crippen LogP) is 2.59. The summed E-state index contributed by atoms with van der Waals surface area (Å²) in [6, 6.07) is 0.436. The van der Waals surface area contributed by atoms with Crippen molar-refractivity contribution < 1.29 is 14.2 Å². The Morgan fingerprint density at radius 1 is 1.35 bits per heavy atom. The van der Waals surface area contributed by atoms with Crippen molar-refractivity contribution in [3.8, 4) is 0 Å². The van der Waals surface area contributed by atoms with E-state index < -0.39 is 0 Å². The largest absolute Gasteiger partial charge is 0.381 e. The third-order valence-electron chi connectivity index (χ3n) is 5.06. The highest BCUT2D eigenvalue weighted by Crippen LogP contribution is 2.36. The van der Waals surface area contributed by atoms with E-state index in [-0.39, 0.29) is 11.9 Å². The number of fused-ring (bicyclic) bond motifs is 1. The van der Waals surface area contributed by atoms with Crippen molar-refractivity contribution in [2.45, 2.75) is 63.4 Å². The monoisotopic (exact) mass is 338 g/mol. The fourth-order valence-electron chi connectivity index (χ4n) is 3.75. The Morgan fingerprint density at radius 3 is 3.04 bits per heavy atom. The van der Waals surface area contributed by atoms with Crippen LogP contribution in [-0.2, 0) is 27.1 Å². The molecule has 5 nitrogen and oxygen atoms in total. The number of aryl methyl sites for hydroxylation is 2. The van der Waals surface area contributed by atoms with Crippen LogP contribution in [0, 0.1) is 0 Å². The number of hydrogen-bond acceptors (Lipinski definition) is 6. The molecule has 6 heteroatoms. The van der Waals surface area contributed by atoms with Crippen LogP contribution in [0.15, 0.2) is 0 Å². The van der Waals surface area contributed by atoms with Crippen molar-refractivity contribution in [3.05, 3.63) is 15.6 Å². The van der Waals surface area contributed by atoms with Crippen LogP contribution in [0.5, 0.6) is 0 Å². The lowest BCUT2D eigenvalue weighted by molar-refractivity contribution is -0.210. The first-order chi connectivity index (χ1) is 11.3. The summed E-state index contributed by atoms with van der Waals surface area (Å²) in [5.74, 6) is -0.373. The second-order valence-corrected chi connectivity index (χ2v) is 7.81. The molecule has 23 heavy (non-hydrogen) atoms. The maximum absolute atomic E-state index is 6.22. The van der Waals surface area contributed by atoms with E-state index in [1.54, 1.807) is 0 Å².